The highest BCUT2D eigenvalue weighted by Gasteiger charge is 2.39. The number of carboxylic acids is 1. The Balaban J connectivity index is 2.06. The molecule has 2 amide bonds. The minimum absolute atomic E-state index is 0.167. The zero-order valence-corrected chi connectivity index (χ0v) is 13.0. The number of carboxylic acid groups (broad SMARTS) is 1. The van der Waals surface area contributed by atoms with E-state index in [2.05, 4.69) is 15.3 Å². The Morgan fingerprint density at radius 2 is 2.14 bits per heavy atom. The number of thioether (sulfide) groups is 1. The third-order valence-corrected chi connectivity index (χ3v) is 4.00. The Labute approximate surface area is 131 Å². The molecule has 1 fully saturated rings. The van der Waals surface area contributed by atoms with Crippen molar-refractivity contribution in [3.8, 4) is 0 Å². The van der Waals surface area contributed by atoms with Crippen molar-refractivity contribution in [3.63, 3.8) is 0 Å². The number of likely N-dealkylation sites (tertiary alicyclic amines) is 1. The van der Waals surface area contributed by atoms with Gasteiger partial charge in [0.2, 0.25) is 5.91 Å². The maximum atomic E-state index is 12.1. The van der Waals surface area contributed by atoms with Gasteiger partial charge in [-0.2, -0.15) is 0 Å². The van der Waals surface area contributed by atoms with Crippen LogP contribution in [0.4, 0.5) is 0 Å². The zero-order chi connectivity index (χ0) is 16.3. The van der Waals surface area contributed by atoms with Gasteiger partial charge in [-0.25, -0.2) is 9.78 Å². The van der Waals surface area contributed by atoms with E-state index >= 15 is 0 Å². The molecule has 1 aromatic rings. The number of hydrogen-bond acceptors (Lipinski definition) is 6. The van der Waals surface area contributed by atoms with E-state index in [-0.39, 0.29) is 24.6 Å². The van der Waals surface area contributed by atoms with Crippen LogP contribution in [0.1, 0.15) is 23.8 Å². The number of aromatic nitrogens is 2. The molecule has 2 rings (SSSR count). The van der Waals surface area contributed by atoms with Gasteiger partial charge in [0.05, 0.1) is 12.4 Å². The fourth-order valence-electron chi connectivity index (χ4n) is 2.34. The first-order valence-corrected chi connectivity index (χ1v) is 7.81. The van der Waals surface area contributed by atoms with Gasteiger partial charge in [-0.15, -0.1) is 11.8 Å². The smallest absolute Gasteiger partial charge is 0.326 e. The SMILES string of the molecule is CSc1cncc(C(=O)N[C@@H]2C[C@@H](C(=O)O)N(C(C)=O)C2)n1. The van der Waals surface area contributed by atoms with Crippen molar-refractivity contribution >= 4 is 29.5 Å². The largest absolute Gasteiger partial charge is 0.480 e. The van der Waals surface area contributed by atoms with E-state index in [0.29, 0.717) is 5.03 Å². The summed E-state index contributed by atoms with van der Waals surface area (Å²) < 4.78 is 0. The van der Waals surface area contributed by atoms with Crippen LogP contribution in [0.3, 0.4) is 0 Å². The highest BCUT2D eigenvalue weighted by molar-refractivity contribution is 7.98. The number of nitrogens with one attached hydrogen (secondary N) is 1. The van der Waals surface area contributed by atoms with Gasteiger partial charge in [0.15, 0.2) is 0 Å². The molecule has 22 heavy (non-hydrogen) atoms. The van der Waals surface area contributed by atoms with Crippen LogP contribution in [-0.2, 0) is 9.59 Å². The second kappa shape index (κ2) is 6.73. The molecule has 2 atom stereocenters. The van der Waals surface area contributed by atoms with E-state index in [1.54, 1.807) is 6.20 Å². The number of amides is 2. The van der Waals surface area contributed by atoms with Crippen molar-refractivity contribution in [3.05, 3.63) is 18.1 Å². The maximum absolute atomic E-state index is 12.1. The van der Waals surface area contributed by atoms with E-state index in [4.69, 9.17) is 5.11 Å². The first-order chi connectivity index (χ1) is 10.4. The van der Waals surface area contributed by atoms with E-state index in [1.165, 1.54) is 29.8 Å². The molecular formula is C13H16N4O4S. The average molecular weight is 324 g/mol. The van der Waals surface area contributed by atoms with Crippen LogP contribution in [0.25, 0.3) is 0 Å². The molecule has 1 saturated heterocycles. The summed E-state index contributed by atoms with van der Waals surface area (Å²) in [7, 11) is 0. The molecule has 0 spiro atoms. The van der Waals surface area contributed by atoms with Crippen molar-refractivity contribution in [1.29, 1.82) is 0 Å². The lowest BCUT2D eigenvalue weighted by atomic mass is 10.1. The van der Waals surface area contributed by atoms with E-state index in [9.17, 15) is 14.4 Å². The highest BCUT2D eigenvalue weighted by Crippen LogP contribution is 2.19. The van der Waals surface area contributed by atoms with Gasteiger partial charge in [0.1, 0.15) is 16.8 Å². The van der Waals surface area contributed by atoms with Gasteiger partial charge < -0.3 is 15.3 Å². The first-order valence-electron chi connectivity index (χ1n) is 6.59. The fourth-order valence-corrected chi connectivity index (χ4v) is 2.69. The molecule has 0 aromatic carbocycles. The van der Waals surface area contributed by atoms with Gasteiger partial charge in [-0.3, -0.25) is 14.6 Å². The van der Waals surface area contributed by atoms with Crippen LogP contribution >= 0.6 is 11.8 Å². The summed E-state index contributed by atoms with van der Waals surface area (Å²) in [6.45, 7) is 1.49. The second-order valence-corrected chi connectivity index (χ2v) is 5.70. The Bertz CT molecular complexity index is 587. The Morgan fingerprint density at radius 3 is 2.68 bits per heavy atom. The van der Waals surface area contributed by atoms with E-state index < -0.39 is 24.0 Å². The zero-order valence-electron chi connectivity index (χ0n) is 12.1. The summed E-state index contributed by atoms with van der Waals surface area (Å²) in [5, 5.41) is 12.5. The molecule has 9 heteroatoms. The van der Waals surface area contributed by atoms with Crippen LogP contribution in [0.5, 0.6) is 0 Å². The standard InChI is InChI=1S/C13H16N4O4S/c1-7(18)17-6-8(3-10(17)13(20)21)15-12(19)9-4-14-5-11(16-9)22-2/h4-5,8,10H,3,6H2,1-2H3,(H,15,19)(H,20,21)/t8-,10+/m1/s1. The monoisotopic (exact) mass is 324 g/mol. The molecule has 1 aliphatic rings. The van der Waals surface area contributed by atoms with Crippen molar-refractivity contribution < 1.29 is 19.5 Å². The molecule has 0 saturated carbocycles. The molecule has 8 nitrogen and oxygen atoms in total. The van der Waals surface area contributed by atoms with Crippen molar-refractivity contribution in [2.75, 3.05) is 12.8 Å². The van der Waals surface area contributed by atoms with Gasteiger partial charge in [0.25, 0.3) is 5.91 Å². The topological polar surface area (TPSA) is 112 Å². The van der Waals surface area contributed by atoms with Crippen molar-refractivity contribution in [2.45, 2.75) is 30.5 Å². The minimum Gasteiger partial charge on any atom is -0.480 e. The first kappa shape index (κ1) is 16.2. The van der Waals surface area contributed by atoms with E-state index in [0.717, 1.165) is 0 Å². The molecule has 0 bridgehead atoms. The molecule has 1 aromatic heterocycles. The summed E-state index contributed by atoms with van der Waals surface area (Å²) >= 11 is 1.37. The van der Waals surface area contributed by atoms with Gasteiger partial charge in [-0.1, -0.05) is 0 Å². The van der Waals surface area contributed by atoms with Gasteiger partial charge in [0, 0.05) is 25.9 Å². The predicted octanol–water partition coefficient (Wildman–Crippen LogP) is 0.00230. The average Bonchev–Trinajstić information content (AvgIpc) is 2.91. The van der Waals surface area contributed by atoms with E-state index in [1.807, 2.05) is 6.26 Å². The third kappa shape index (κ3) is 3.53. The Kier molecular flexibility index (Phi) is 4.96. The molecular weight excluding hydrogens is 308 g/mol. The lowest BCUT2D eigenvalue weighted by Crippen LogP contribution is -2.40. The summed E-state index contributed by atoms with van der Waals surface area (Å²) in [6, 6.07) is -1.33. The molecule has 0 aliphatic carbocycles. The predicted molar refractivity (Wildman–Crippen MR) is 78.5 cm³/mol. The van der Waals surface area contributed by atoms with Crippen molar-refractivity contribution in [1.82, 2.24) is 20.2 Å². The number of carbonyl (C=O) groups is 3. The Morgan fingerprint density at radius 1 is 1.41 bits per heavy atom. The van der Waals surface area contributed by atoms with Crippen LogP contribution in [0, 0.1) is 0 Å². The maximum Gasteiger partial charge on any atom is 0.326 e. The van der Waals surface area contributed by atoms with Crippen molar-refractivity contribution in [2.24, 2.45) is 0 Å². The normalized spacial score (nSPS) is 20.7. The molecule has 1 aliphatic heterocycles. The molecule has 2 N–H and O–H groups in total. The number of nitrogens with zero attached hydrogens (tertiary/aromatic N) is 3. The lowest BCUT2D eigenvalue weighted by Gasteiger charge is -2.18. The molecule has 0 radical (unpaired) electrons. The Hall–Kier alpha value is -2.16. The minimum atomic E-state index is -1.07. The lowest BCUT2D eigenvalue weighted by molar-refractivity contribution is -0.147. The number of carbonyl (C=O) groups excluding carboxylic acids is 2. The highest BCUT2D eigenvalue weighted by atomic mass is 32.2. The van der Waals surface area contributed by atoms with Crippen LogP contribution in [-0.4, -0.2) is 62.6 Å². The number of rotatable bonds is 4. The summed E-state index contributed by atoms with van der Waals surface area (Å²) in [4.78, 5) is 44.1. The molecule has 0 unspecified atom stereocenters. The van der Waals surface area contributed by atoms with Crippen LogP contribution in [0.15, 0.2) is 17.4 Å². The second-order valence-electron chi connectivity index (χ2n) is 4.88. The summed E-state index contributed by atoms with van der Waals surface area (Å²) in [5.41, 5.74) is 0.167. The van der Waals surface area contributed by atoms with Crippen LogP contribution < -0.4 is 5.32 Å². The molecule has 2 heterocycles. The quantitative estimate of drug-likeness (QED) is 0.750. The molecule has 118 valence electrons. The van der Waals surface area contributed by atoms with Crippen LogP contribution in [0.2, 0.25) is 0 Å². The fraction of sp³-hybridized carbons (Fsp3) is 0.462. The summed E-state index contributed by atoms with van der Waals surface area (Å²) in [5.74, 6) is -1.83. The summed E-state index contributed by atoms with van der Waals surface area (Å²) in [6.07, 6.45) is 4.90. The third-order valence-electron chi connectivity index (χ3n) is 3.38. The van der Waals surface area contributed by atoms with Gasteiger partial charge in [-0.05, 0) is 6.26 Å². The number of aliphatic carboxylic acids is 1. The van der Waals surface area contributed by atoms with Gasteiger partial charge >= 0.3 is 5.97 Å². The number of hydrogen-bond donors (Lipinski definition) is 2.